The summed E-state index contributed by atoms with van der Waals surface area (Å²) in [7, 11) is -3.49. The van der Waals surface area contributed by atoms with Crippen LogP contribution in [-0.4, -0.2) is 87.8 Å². The summed E-state index contributed by atoms with van der Waals surface area (Å²) in [4.78, 5) is 2.17. The van der Waals surface area contributed by atoms with E-state index < -0.39 is 10.2 Å². The van der Waals surface area contributed by atoms with Crippen molar-refractivity contribution in [2.45, 2.75) is 46.2 Å². The largest absolute Gasteiger partial charge is 0.461 e. The first-order valence-corrected chi connectivity index (χ1v) is 12.4. The summed E-state index contributed by atoms with van der Waals surface area (Å²) in [6, 6.07) is 3.69. The van der Waals surface area contributed by atoms with Gasteiger partial charge in [0.1, 0.15) is 0 Å². The van der Waals surface area contributed by atoms with E-state index in [0.29, 0.717) is 68.8 Å². The van der Waals surface area contributed by atoms with Crippen LogP contribution in [0, 0.1) is 4.77 Å². The lowest BCUT2D eigenvalue weighted by molar-refractivity contribution is -0.0458. The lowest BCUT2D eigenvalue weighted by atomic mass is 10.3. The van der Waals surface area contributed by atoms with Gasteiger partial charge in [-0.05, 0) is 45.1 Å². The SMILES string of the molecule is CCn1c(-c2ccco2)nn(CN2CCN(S(=O)(=O)N3CC(C)OC(C)C3)CC2)c1=S. The molecule has 2 aromatic rings. The van der Waals surface area contributed by atoms with Crippen molar-refractivity contribution in [3.63, 3.8) is 0 Å². The second-order valence-electron chi connectivity index (χ2n) is 8.07. The van der Waals surface area contributed by atoms with Gasteiger partial charge in [0, 0.05) is 45.8 Å². The summed E-state index contributed by atoms with van der Waals surface area (Å²) in [6.45, 7) is 9.94. The third-order valence-electron chi connectivity index (χ3n) is 5.68. The minimum Gasteiger partial charge on any atom is -0.461 e. The molecule has 2 aliphatic rings. The molecule has 0 bridgehead atoms. The summed E-state index contributed by atoms with van der Waals surface area (Å²) in [5.74, 6) is 1.38. The number of hydrogen-bond acceptors (Lipinski definition) is 7. The molecular weight excluding hydrogens is 440 g/mol. The smallest absolute Gasteiger partial charge is 0.282 e. The number of piperazine rings is 1. The third kappa shape index (κ3) is 4.64. The normalized spacial score (nSPS) is 24.6. The van der Waals surface area contributed by atoms with Crippen molar-refractivity contribution in [3.8, 4) is 11.6 Å². The molecule has 2 aliphatic heterocycles. The molecule has 2 aromatic heterocycles. The van der Waals surface area contributed by atoms with Gasteiger partial charge in [0.25, 0.3) is 10.2 Å². The Labute approximate surface area is 188 Å². The molecule has 4 heterocycles. The predicted octanol–water partition coefficient (Wildman–Crippen LogP) is 1.62. The van der Waals surface area contributed by atoms with Gasteiger partial charge in [-0.1, -0.05) is 0 Å². The molecule has 0 spiro atoms. The molecule has 31 heavy (non-hydrogen) atoms. The highest BCUT2D eigenvalue weighted by atomic mass is 32.2. The van der Waals surface area contributed by atoms with E-state index >= 15 is 0 Å². The average Bonchev–Trinajstić information content (AvgIpc) is 3.36. The van der Waals surface area contributed by atoms with Gasteiger partial charge < -0.3 is 9.15 Å². The zero-order valence-electron chi connectivity index (χ0n) is 18.2. The van der Waals surface area contributed by atoms with Crippen molar-refractivity contribution in [1.82, 2.24) is 27.9 Å². The first kappa shape index (κ1) is 22.6. The fraction of sp³-hybridized carbons (Fsp3) is 0.684. The number of hydrogen-bond donors (Lipinski definition) is 0. The monoisotopic (exact) mass is 470 g/mol. The molecule has 0 saturated carbocycles. The van der Waals surface area contributed by atoms with E-state index in [1.807, 2.05) is 37.5 Å². The zero-order chi connectivity index (χ0) is 22.2. The highest BCUT2D eigenvalue weighted by Crippen LogP contribution is 2.21. The summed E-state index contributed by atoms with van der Waals surface area (Å²) in [5.41, 5.74) is 0. The van der Waals surface area contributed by atoms with Crippen LogP contribution in [0.3, 0.4) is 0 Å². The number of ether oxygens (including phenoxy) is 1. The molecule has 2 unspecified atom stereocenters. The Morgan fingerprint density at radius 1 is 1.13 bits per heavy atom. The zero-order valence-corrected chi connectivity index (χ0v) is 19.8. The van der Waals surface area contributed by atoms with Crippen molar-refractivity contribution < 1.29 is 17.6 Å². The molecule has 0 N–H and O–H groups in total. The molecule has 2 fully saturated rings. The van der Waals surface area contributed by atoms with Gasteiger partial charge in [0.2, 0.25) is 0 Å². The molecule has 2 atom stereocenters. The van der Waals surface area contributed by atoms with Gasteiger partial charge in [-0.2, -0.15) is 17.0 Å². The van der Waals surface area contributed by atoms with Crippen LogP contribution in [0.15, 0.2) is 22.8 Å². The molecule has 0 radical (unpaired) electrons. The maximum Gasteiger partial charge on any atom is 0.282 e. The average molecular weight is 471 g/mol. The number of nitrogens with zero attached hydrogens (tertiary/aromatic N) is 6. The predicted molar refractivity (Wildman–Crippen MR) is 118 cm³/mol. The van der Waals surface area contributed by atoms with Crippen LogP contribution in [-0.2, 0) is 28.2 Å². The van der Waals surface area contributed by atoms with Crippen molar-refractivity contribution >= 4 is 22.4 Å². The van der Waals surface area contributed by atoms with Crippen molar-refractivity contribution in [2.75, 3.05) is 39.3 Å². The van der Waals surface area contributed by atoms with Gasteiger partial charge in [-0.15, -0.1) is 5.10 Å². The number of rotatable bonds is 6. The van der Waals surface area contributed by atoms with Crippen LogP contribution in [0.2, 0.25) is 0 Å². The molecule has 172 valence electrons. The maximum absolute atomic E-state index is 13.1. The van der Waals surface area contributed by atoms with E-state index in [1.165, 1.54) is 0 Å². The van der Waals surface area contributed by atoms with Crippen molar-refractivity contribution in [2.24, 2.45) is 0 Å². The summed E-state index contributed by atoms with van der Waals surface area (Å²) >= 11 is 5.61. The minimum absolute atomic E-state index is 0.0984. The highest BCUT2D eigenvalue weighted by Gasteiger charge is 2.36. The second kappa shape index (κ2) is 9.12. The van der Waals surface area contributed by atoms with Crippen LogP contribution in [0.1, 0.15) is 20.8 Å². The van der Waals surface area contributed by atoms with E-state index in [2.05, 4.69) is 10.00 Å². The molecule has 0 aliphatic carbocycles. The molecule has 10 nitrogen and oxygen atoms in total. The van der Waals surface area contributed by atoms with Crippen LogP contribution in [0.25, 0.3) is 11.6 Å². The van der Waals surface area contributed by atoms with Gasteiger partial charge in [0.15, 0.2) is 16.4 Å². The fourth-order valence-corrected chi connectivity index (χ4v) is 6.24. The van der Waals surface area contributed by atoms with Crippen molar-refractivity contribution in [3.05, 3.63) is 23.2 Å². The van der Waals surface area contributed by atoms with Crippen LogP contribution in [0.5, 0.6) is 0 Å². The minimum atomic E-state index is -3.49. The Morgan fingerprint density at radius 2 is 1.81 bits per heavy atom. The Bertz CT molecular complexity index is 1030. The van der Waals surface area contributed by atoms with Crippen LogP contribution in [0.4, 0.5) is 0 Å². The summed E-state index contributed by atoms with van der Waals surface area (Å²) in [5, 5.41) is 4.66. The lowest BCUT2D eigenvalue weighted by Crippen LogP contribution is -2.57. The van der Waals surface area contributed by atoms with Gasteiger partial charge in [-0.25, -0.2) is 4.68 Å². The summed E-state index contributed by atoms with van der Waals surface area (Å²) in [6.07, 6.45) is 1.42. The van der Waals surface area contributed by atoms with E-state index in [0.717, 1.165) is 0 Å². The Hall–Kier alpha value is -1.57. The summed E-state index contributed by atoms with van der Waals surface area (Å²) < 4.78 is 44.9. The Morgan fingerprint density at radius 3 is 2.39 bits per heavy atom. The molecule has 2 saturated heterocycles. The van der Waals surface area contributed by atoms with Gasteiger partial charge in [0.05, 0.1) is 25.1 Å². The third-order valence-corrected chi connectivity index (χ3v) is 8.08. The van der Waals surface area contributed by atoms with E-state index in [4.69, 9.17) is 21.4 Å². The lowest BCUT2D eigenvalue weighted by Gasteiger charge is -2.40. The molecule has 0 amide bonds. The first-order chi connectivity index (χ1) is 14.8. The molecule has 0 aromatic carbocycles. The van der Waals surface area contributed by atoms with Crippen molar-refractivity contribution in [1.29, 1.82) is 0 Å². The number of furan rings is 1. The Kier molecular flexibility index (Phi) is 6.65. The molecule has 12 heteroatoms. The van der Waals surface area contributed by atoms with Gasteiger partial charge >= 0.3 is 0 Å². The molecule has 4 rings (SSSR count). The quantitative estimate of drug-likeness (QED) is 0.593. The van der Waals surface area contributed by atoms with Crippen LogP contribution >= 0.6 is 12.2 Å². The van der Waals surface area contributed by atoms with E-state index in [1.54, 1.807) is 19.6 Å². The fourth-order valence-electron chi connectivity index (χ4n) is 4.18. The van der Waals surface area contributed by atoms with Crippen LogP contribution < -0.4 is 0 Å². The first-order valence-electron chi connectivity index (χ1n) is 10.6. The van der Waals surface area contributed by atoms with Gasteiger partial charge in [-0.3, -0.25) is 9.47 Å². The second-order valence-corrected chi connectivity index (χ2v) is 10.4. The Balaban J connectivity index is 1.41. The van der Waals surface area contributed by atoms with E-state index in [-0.39, 0.29) is 12.2 Å². The number of aromatic nitrogens is 3. The number of morpholine rings is 1. The highest BCUT2D eigenvalue weighted by molar-refractivity contribution is 7.86. The topological polar surface area (TPSA) is 89.0 Å². The standard InChI is InChI=1S/C19H30N6O4S2/c1-4-24-18(17-6-5-11-28-17)20-25(19(24)30)14-21-7-9-22(10-8-21)31(26,27)23-12-15(2)29-16(3)13-23/h5-6,11,15-16H,4,7-10,12-14H2,1-3H3. The maximum atomic E-state index is 13.1. The van der Waals surface area contributed by atoms with E-state index in [9.17, 15) is 8.42 Å². The molecular formula is C19H30N6O4S2.